The summed E-state index contributed by atoms with van der Waals surface area (Å²) >= 11 is 0. The van der Waals surface area contributed by atoms with Crippen LogP contribution in [0.25, 0.3) is 0 Å². The molecular weight excluding hydrogens is 247 g/mol. The molecule has 0 spiro atoms. The van der Waals surface area contributed by atoms with Gasteiger partial charge in [-0.25, -0.2) is 4.98 Å². The van der Waals surface area contributed by atoms with Crippen molar-refractivity contribution in [1.29, 1.82) is 0 Å². The normalized spacial score (nSPS) is 12.6. The van der Waals surface area contributed by atoms with Gasteiger partial charge in [0, 0.05) is 20.3 Å². The van der Waals surface area contributed by atoms with Crippen LogP contribution in [0.2, 0.25) is 25.7 Å². The number of aromatic nitrogens is 1. The van der Waals surface area contributed by atoms with Gasteiger partial charge in [0.2, 0.25) is 5.88 Å². The Morgan fingerprint density at radius 3 is 2.47 bits per heavy atom. The molecule has 1 heterocycles. The largest absolute Gasteiger partial charge is 0.478 e. The molecule has 1 rings (SSSR count). The van der Waals surface area contributed by atoms with Gasteiger partial charge in [0.05, 0.1) is 12.2 Å². The number of ether oxygens (including phenoxy) is 1. The Kier molecular flexibility index (Phi) is 4.19. The van der Waals surface area contributed by atoms with Crippen LogP contribution >= 0.6 is 0 Å². The van der Waals surface area contributed by atoms with Crippen LogP contribution in [0.3, 0.4) is 0 Å². The highest BCUT2D eigenvalue weighted by Crippen LogP contribution is 2.30. The average Bonchev–Trinajstić information content (AvgIpc) is 2.15. The van der Waals surface area contributed by atoms with Crippen molar-refractivity contribution in [2.24, 2.45) is 0 Å². The van der Waals surface area contributed by atoms with Gasteiger partial charge in [-0.3, -0.25) is 0 Å². The predicted molar refractivity (Wildman–Crippen MR) is 62.9 cm³/mol. The van der Waals surface area contributed by atoms with Gasteiger partial charge in [-0.05, 0) is 12.1 Å². The number of rotatable bonds is 4. The highest BCUT2D eigenvalue weighted by molar-refractivity contribution is 6.76. The lowest BCUT2D eigenvalue weighted by molar-refractivity contribution is -0.137. The second kappa shape index (κ2) is 5.08. The van der Waals surface area contributed by atoms with Crippen molar-refractivity contribution in [2.45, 2.75) is 31.9 Å². The molecule has 0 aliphatic carbocycles. The lowest BCUT2D eigenvalue weighted by Crippen LogP contribution is -2.22. The summed E-state index contributed by atoms with van der Waals surface area (Å²) in [5, 5.41) is 0. The van der Waals surface area contributed by atoms with Crippen molar-refractivity contribution in [1.82, 2.24) is 4.98 Å². The molecule has 2 nitrogen and oxygen atoms in total. The predicted octanol–water partition coefficient (Wildman–Crippen LogP) is 3.82. The highest BCUT2D eigenvalue weighted by Gasteiger charge is 2.30. The molecule has 0 saturated heterocycles. The molecule has 0 fully saturated rings. The standard InChI is InChI=1S/C11H16F3NOSi/c1-17(2,3)7-6-16-10-8-9(4-5-15-10)11(12,13)14/h4-5,8H,6-7H2,1-3H3. The number of nitrogens with zero attached hydrogens (tertiary/aromatic N) is 1. The minimum Gasteiger partial charge on any atom is -0.478 e. The average molecular weight is 263 g/mol. The smallest absolute Gasteiger partial charge is 0.416 e. The van der Waals surface area contributed by atoms with Crippen LogP contribution in [-0.4, -0.2) is 19.7 Å². The molecule has 0 aliphatic rings. The van der Waals surface area contributed by atoms with Crippen LogP contribution in [0.4, 0.5) is 13.2 Å². The molecular formula is C11H16F3NOSi. The third-order valence-corrected chi connectivity index (χ3v) is 3.87. The Labute approximate surface area is 99.8 Å². The number of alkyl halides is 3. The van der Waals surface area contributed by atoms with Crippen LogP contribution in [-0.2, 0) is 6.18 Å². The second-order valence-electron chi connectivity index (χ2n) is 5.04. The SMILES string of the molecule is C[Si](C)(C)CCOc1cc(C(F)(F)F)ccn1. The van der Waals surface area contributed by atoms with Gasteiger partial charge in [-0.2, -0.15) is 13.2 Å². The van der Waals surface area contributed by atoms with E-state index in [1.165, 1.54) is 0 Å². The number of pyridine rings is 1. The lowest BCUT2D eigenvalue weighted by Gasteiger charge is -2.16. The molecule has 1 aromatic heterocycles. The molecule has 0 amide bonds. The second-order valence-corrected chi connectivity index (χ2v) is 10.7. The van der Waals surface area contributed by atoms with Gasteiger partial charge in [0.25, 0.3) is 0 Å². The summed E-state index contributed by atoms with van der Waals surface area (Å²) in [7, 11) is -1.24. The van der Waals surface area contributed by atoms with E-state index in [9.17, 15) is 13.2 Å². The molecule has 96 valence electrons. The van der Waals surface area contributed by atoms with Crippen LogP contribution in [0, 0.1) is 0 Å². The van der Waals surface area contributed by atoms with E-state index < -0.39 is 19.8 Å². The van der Waals surface area contributed by atoms with E-state index in [1.807, 2.05) is 0 Å². The minimum absolute atomic E-state index is 0.0399. The Morgan fingerprint density at radius 2 is 1.94 bits per heavy atom. The molecule has 0 unspecified atom stereocenters. The maximum absolute atomic E-state index is 12.4. The first-order valence-electron chi connectivity index (χ1n) is 5.34. The maximum Gasteiger partial charge on any atom is 0.416 e. The number of hydrogen-bond acceptors (Lipinski definition) is 2. The molecule has 0 aliphatic heterocycles. The van der Waals surface area contributed by atoms with Crippen molar-refractivity contribution in [3.63, 3.8) is 0 Å². The van der Waals surface area contributed by atoms with Crippen LogP contribution < -0.4 is 4.74 Å². The van der Waals surface area contributed by atoms with Crippen molar-refractivity contribution in [3.8, 4) is 5.88 Å². The van der Waals surface area contributed by atoms with Gasteiger partial charge < -0.3 is 4.74 Å². The Morgan fingerprint density at radius 1 is 1.29 bits per heavy atom. The van der Waals surface area contributed by atoms with E-state index in [1.54, 1.807) is 0 Å². The first-order valence-corrected chi connectivity index (χ1v) is 9.05. The third kappa shape index (κ3) is 5.21. The molecule has 0 radical (unpaired) electrons. The number of hydrogen-bond donors (Lipinski definition) is 0. The molecule has 0 atom stereocenters. The summed E-state index contributed by atoms with van der Waals surface area (Å²) in [5.74, 6) is 0.0399. The van der Waals surface area contributed by atoms with E-state index in [0.29, 0.717) is 6.61 Å². The zero-order chi connectivity index (χ0) is 13.1. The van der Waals surface area contributed by atoms with Crippen LogP contribution in [0.15, 0.2) is 18.3 Å². The fourth-order valence-corrected chi connectivity index (χ4v) is 1.84. The van der Waals surface area contributed by atoms with Gasteiger partial charge in [0.15, 0.2) is 0 Å². The van der Waals surface area contributed by atoms with Gasteiger partial charge in [0.1, 0.15) is 0 Å². The number of halogens is 3. The summed E-state index contributed by atoms with van der Waals surface area (Å²) in [6, 6.07) is 2.76. The Hall–Kier alpha value is -1.04. The molecule has 6 heteroatoms. The minimum atomic E-state index is -4.35. The van der Waals surface area contributed by atoms with E-state index in [-0.39, 0.29) is 5.88 Å². The Bertz CT molecular complexity index is 374. The lowest BCUT2D eigenvalue weighted by atomic mass is 10.2. The van der Waals surface area contributed by atoms with E-state index in [2.05, 4.69) is 24.6 Å². The van der Waals surface area contributed by atoms with Crippen LogP contribution in [0.5, 0.6) is 5.88 Å². The first kappa shape index (κ1) is 14.0. The quantitative estimate of drug-likeness (QED) is 0.770. The summed E-state index contributed by atoms with van der Waals surface area (Å²) in [5.41, 5.74) is -0.726. The third-order valence-electron chi connectivity index (χ3n) is 2.16. The summed E-state index contributed by atoms with van der Waals surface area (Å²) in [4.78, 5) is 3.77. The monoisotopic (exact) mass is 263 g/mol. The molecule has 0 N–H and O–H groups in total. The van der Waals surface area contributed by atoms with Gasteiger partial charge in [-0.1, -0.05) is 19.6 Å². The van der Waals surface area contributed by atoms with Crippen molar-refractivity contribution >= 4 is 8.07 Å². The highest BCUT2D eigenvalue weighted by atomic mass is 28.3. The molecule has 0 bridgehead atoms. The molecule has 0 saturated carbocycles. The van der Waals surface area contributed by atoms with Gasteiger partial charge >= 0.3 is 6.18 Å². The summed E-state index contributed by atoms with van der Waals surface area (Å²) < 4.78 is 42.4. The maximum atomic E-state index is 12.4. The summed E-state index contributed by atoms with van der Waals surface area (Å²) in [6.45, 7) is 6.95. The fourth-order valence-electron chi connectivity index (χ4n) is 1.13. The van der Waals surface area contributed by atoms with Crippen molar-refractivity contribution < 1.29 is 17.9 Å². The topological polar surface area (TPSA) is 22.1 Å². The van der Waals surface area contributed by atoms with E-state index >= 15 is 0 Å². The van der Waals surface area contributed by atoms with Crippen LogP contribution in [0.1, 0.15) is 5.56 Å². The molecule has 17 heavy (non-hydrogen) atoms. The molecule has 0 aromatic carbocycles. The summed E-state index contributed by atoms with van der Waals surface area (Å²) in [6.07, 6.45) is -3.23. The molecule has 1 aromatic rings. The van der Waals surface area contributed by atoms with Gasteiger partial charge in [-0.15, -0.1) is 0 Å². The van der Waals surface area contributed by atoms with E-state index in [4.69, 9.17) is 4.74 Å². The Balaban J connectivity index is 2.61. The van der Waals surface area contributed by atoms with Crippen molar-refractivity contribution in [2.75, 3.05) is 6.61 Å². The zero-order valence-corrected chi connectivity index (χ0v) is 11.1. The first-order chi connectivity index (χ1) is 7.68. The fraction of sp³-hybridized carbons (Fsp3) is 0.545. The zero-order valence-electron chi connectivity index (χ0n) is 10.1. The van der Waals surface area contributed by atoms with Crippen molar-refractivity contribution in [3.05, 3.63) is 23.9 Å². The van der Waals surface area contributed by atoms with E-state index in [0.717, 1.165) is 24.4 Å².